The zero-order valence-electron chi connectivity index (χ0n) is 8.78. The Labute approximate surface area is 95.7 Å². The Balaban J connectivity index is 2.02. The highest BCUT2D eigenvalue weighted by Gasteiger charge is 2.23. The number of amides is 1. The molecule has 0 radical (unpaired) electrons. The van der Waals surface area contributed by atoms with Crippen LogP contribution in [0.1, 0.15) is 0 Å². The van der Waals surface area contributed by atoms with E-state index in [1.165, 1.54) is 0 Å². The number of ether oxygens (including phenoxy) is 2. The molecule has 0 bridgehead atoms. The molecule has 2 rings (SSSR count). The second kappa shape index (κ2) is 5.15. The highest BCUT2D eigenvalue weighted by atomic mass is 19.1. The Morgan fingerprint density at radius 3 is 2.88 bits per heavy atom. The van der Waals surface area contributed by atoms with Gasteiger partial charge in [-0.15, -0.1) is 0 Å². The smallest absolute Gasteiger partial charge is 0.256 e. The van der Waals surface area contributed by atoms with Gasteiger partial charge in [0.05, 0.1) is 25.5 Å². The summed E-state index contributed by atoms with van der Waals surface area (Å²) in [5, 5.41) is 2.26. The Bertz CT molecular complexity index is 422. The van der Waals surface area contributed by atoms with Crippen LogP contribution < -0.4 is 5.32 Å². The van der Waals surface area contributed by atoms with Crippen molar-refractivity contribution in [3.8, 4) is 0 Å². The van der Waals surface area contributed by atoms with Crippen LogP contribution in [0.2, 0.25) is 0 Å². The van der Waals surface area contributed by atoms with Crippen molar-refractivity contribution < 1.29 is 23.0 Å². The van der Waals surface area contributed by atoms with Crippen LogP contribution in [0.3, 0.4) is 0 Å². The Morgan fingerprint density at radius 1 is 1.41 bits per heavy atom. The summed E-state index contributed by atoms with van der Waals surface area (Å²) in [7, 11) is 0. The number of pyridine rings is 1. The number of hydrogen-bond acceptors (Lipinski definition) is 4. The number of hydrogen-bond donors (Lipinski definition) is 1. The zero-order valence-corrected chi connectivity index (χ0v) is 8.78. The summed E-state index contributed by atoms with van der Waals surface area (Å²) in [6, 6.07) is 2.05. The average Bonchev–Trinajstić information content (AvgIpc) is 2.34. The molecule has 92 valence electrons. The summed E-state index contributed by atoms with van der Waals surface area (Å²) in [6.07, 6.45) is -0.784. The first-order valence-electron chi connectivity index (χ1n) is 4.99. The molecule has 0 aliphatic carbocycles. The monoisotopic (exact) mass is 244 g/mol. The van der Waals surface area contributed by atoms with Gasteiger partial charge < -0.3 is 14.8 Å². The third kappa shape index (κ3) is 2.95. The molecule has 1 atom stereocenters. The van der Waals surface area contributed by atoms with Gasteiger partial charge >= 0.3 is 0 Å². The molecule has 1 aromatic rings. The average molecular weight is 244 g/mol. The maximum atomic E-state index is 13.1. The van der Waals surface area contributed by atoms with Crippen molar-refractivity contribution in [1.29, 1.82) is 0 Å². The highest BCUT2D eigenvalue weighted by Crippen LogP contribution is 2.13. The van der Waals surface area contributed by atoms with Gasteiger partial charge in [0.1, 0.15) is 0 Å². The van der Waals surface area contributed by atoms with E-state index in [4.69, 9.17) is 9.47 Å². The first-order chi connectivity index (χ1) is 8.16. The van der Waals surface area contributed by atoms with E-state index in [1.54, 1.807) is 0 Å². The number of nitrogens with zero attached hydrogens (tertiary/aromatic N) is 1. The van der Waals surface area contributed by atoms with Crippen molar-refractivity contribution in [3.63, 3.8) is 0 Å². The normalized spacial score (nSPS) is 20.0. The summed E-state index contributed by atoms with van der Waals surface area (Å²) >= 11 is 0. The molecule has 1 amide bonds. The van der Waals surface area contributed by atoms with Crippen LogP contribution in [0.15, 0.2) is 12.1 Å². The fourth-order valence-corrected chi connectivity index (χ4v) is 1.36. The minimum atomic E-state index is -1.07. The van der Waals surface area contributed by atoms with E-state index in [-0.39, 0.29) is 12.3 Å². The number of anilines is 1. The van der Waals surface area contributed by atoms with Crippen molar-refractivity contribution in [2.24, 2.45) is 0 Å². The van der Waals surface area contributed by atoms with Crippen molar-refractivity contribution in [1.82, 2.24) is 4.98 Å². The molecule has 2 heterocycles. The molecule has 1 aromatic heterocycles. The molecule has 1 saturated heterocycles. The van der Waals surface area contributed by atoms with Crippen LogP contribution in [0.5, 0.6) is 0 Å². The maximum Gasteiger partial charge on any atom is 0.256 e. The summed E-state index contributed by atoms with van der Waals surface area (Å²) in [6.45, 7) is 0.848. The lowest BCUT2D eigenvalue weighted by Gasteiger charge is -2.21. The first kappa shape index (κ1) is 11.9. The summed E-state index contributed by atoms with van der Waals surface area (Å²) in [5.41, 5.74) is -0.189. The molecule has 1 aliphatic rings. The van der Waals surface area contributed by atoms with Crippen molar-refractivity contribution in [2.75, 3.05) is 25.1 Å². The van der Waals surface area contributed by atoms with E-state index in [9.17, 15) is 13.6 Å². The SMILES string of the molecule is O=C(Nc1ccc(F)nc1F)C1COCCO1. The number of rotatable bonds is 2. The summed E-state index contributed by atoms with van der Waals surface area (Å²) < 4.78 is 35.8. The maximum absolute atomic E-state index is 13.1. The van der Waals surface area contributed by atoms with Gasteiger partial charge in [-0.2, -0.15) is 13.8 Å². The van der Waals surface area contributed by atoms with Crippen LogP contribution in [0, 0.1) is 11.9 Å². The predicted molar refractivity (Wildman–Crippen MR) is 53.3 cm³/mol. The molecular formula is C10H10F2N2O3. The fourth-order valence-electron chi connectivity index (χ4n) is 1.36. The molecule has 1 N–H and O–H groups in total. The van der Waals surface area contributed by atoms with Gasteiger partial charge in [-0.25, -0.2) is 0 Å². The minimum Gasteiger partial charge on any atom is -0.376 e. The quantitative estimate of drug-likeness (QED) is 0.778. The van der Waals surface area contributed by atoms with Crippen molar-refractivity contribution >= 4 is 11.6 Å². The van der Waals surface area contributed by atoms with Crippen LogP contribution in [-0.4, -0.2) is 36.8 Å². The number of carbonyl (C=O) groups is 1. The first-order valence-corrected chi connectivity index (χ1v) is 4.99. The topological polar surface area (TPSA) is 60.5 Å². The largest absolute Gasteiger partial charge is 0.376 e. The van der Waals surface area contributed by atoms with E-state index in [1.807, 2.05) is 0 Å². The van der Waals surface area contributed by atoms with Gasteiger partial charge in [-0.05, 0) is 12.1 Å². The molecule has 1 unspecified atom stereocenters. The van der Waals surface area contributed by atoms with Crippen molar-refractivity contribution in [2.45, 2.75) is 6.10 Å². The molecule has 5 nitrogen and oxygen atoms in total. The molecule has 17 heavy (non-hydrogen) atoms. The third-order valence-electron chi connectivity index (χ3n) is 2.18. The second-order valence-corrected chi connectivity index (χ2v) is 3.40. The van der Waals surface area contributed by atoms with Gasteiger partial charge in [-0.1, -0.05) is 0 Å². The van der Waals surface area contributed by atoms with Gasteiger partial charge in [0, 0.05) is 0 Å². The molecule has 1 aliphatic heterocycles. The molecule has 0 aromatic carbocycles. The molecule has 7 heteroatoms. The van der Waals surface area contributed by atoms with Gasteiger partial charge in [0.15, 0.2) is 6.10 Å². The fraction of sp³-hybridized carbons (Fsp3) is 0.400. The molecular weight excluding hydrogens is 234 g/mol. The van der Waals surface area contributed by atoms with Gasteiger partial charge in [0.25, 0.3) is 5.91 Å². The minimum absolute atomic E-state index is 0.113. The highest BCUT2D eigenvalue weighted by molar-refractivity contribution is 5.94. The zero-order chi connectivity index (χ0) is 12.3. The number of halogens is 2. The van der Waals surface area contributed by atoms with E-state index in [0.717, 1.165) is 12.1 Å². The molecule has 0 saturated carbocycles. The van der Waals surface area contributed by atoms with Gasteiger partial charge in [-0.3, -0.25) is 4.79 Å². The summed E-state index contributed by atoms with van der Waals surface area (Å²) in [4.78, 5) is 14.6. The second-order valence-electron chi connectivity index (χ2n) is 3.40. The lowest BCUT2D eigenvalue weighted by atomic mass is 10.3. The third-order valence-corrected chi connectivity index (χ3v) is 2.18. The van der Waals surface area contributed by atoms with Crippen LogP contribution >= 0.6 is 0 Å². The molecule has 1 fully saturated rings. The Kier molecular flexibility index (Phi) is 3.60. The number of nitrogens with one attached hydrogen (secondary N) is 1. The van der Waals surface area contributed by atoms with E-state index < -0.39 is 23.9 Å². The Hall–Kier alpha value is -1.60. The van der Waals surface area contributed by atoms with Crippen LogP contribution in [-0.2, 0) is 14.3 Å². The standard InChI is InChI=1S/C10H10F2N2O3/c11-8-2-1-6(9(12)14-8)13-10(15)7-5-16-3-4-17-7/h1-2,7H,3-5H2,(H,13,15). The predicted octanol–water partition coefficient (Wildman–Crippen LogP) is 0.714. The van der Waals surface area contributed by atoms with Crippen LogP contribution in [0.25, 0.3) is 0 Å². The van der Waals surface area contributed by atoms with E-state index >= 15 is 0 Å². The van der Waals surface area contributed by atoms with E-state index in [2.05, 4.69) is 10.3 Å². The Morgan fingerprint density at radius 2 is 2.24 bits per heavy atom. The van der Waals surface area contributed by atoms with E-state index in [0.29, 0.717) is 13.2 Å². The van der Waals surface area contributed by atoms with Crippen molar-refractivity contribution in [3.05, 3.63) is 24.0 Å². The lowest BCUT2D eigenvalue weighted by Crippen LogP contribution is -2.39. The number of aromatic nitrogens is 1. The lowest BCUT2D eigenvalue weighted by molar-refractivity contribution is -0.142. The van der Waals surface area contributed by atoms with Crippen LogP contribution in [0.4, 0.5) is 14.5 Å². The van der Waals surface area contributed by atoms with Gasteiger partial charge in [0.2, 0.25) is 11.9 Å². The summed E-state index contributed by atoms with van der Waals surface area (Å²) in [5.74, 6) is -2.56. The number of carbonyl (C=O) groups excluding carboxylic acids is 1. The molecule has 0 spiro atoms.